The molecule has 2 aromatic carbocycles. The van der Waals surface area contributed by atoms with Crippen molar-refractivity contribution in [3.63, 3.8) is 0 Å². The van der Waals surface area contributed by atoms with Crippen LogP contribution in [0.1, 0.15) is 11.1 Å². The van der Waals surface area contributed by atoms with E-state index in [1.165, 1.54) is 0 Å². The summed E-state index contributed by atoms with van der Waals surface area (Å²) < 4.78 is 0. The van der Waals surface area contributed by atoms with Gasteiger partial charge in [-0.25, -0.2) is 4.98 Å². The molecule has 0 aliphatic carbocycles. The Morgan fingerprint density at radius 3 is 2.79 bits per heavy atom. The number of pyridine rings is 1. The fraction of sp³-hybridized carbons (Fsp3) is 0.273. The van der Waals surface area contributed by atoms with Crippen LogP contribution in [0.5, 0.6) is 5.75 Å². The number of amides is 1. The van der Waals surface area contributed by atoms with Crippen LogP contribution in [-0.4, -0.2) is 42.7 Å². The molecule has 0 atom stereocenters. The van der Waals surface area contributed by atoms with Gasteiger partial charge in [-0.05, 0) is 43.1 Å². The highest BCUT2D eigenvalue weighted by atomic mass is 16.3. The van der Waals surface area contributed by atoms with Crippen molar-refractivity contribution in [1.82, 2.24) is 10.3 Å². The number of aromatic nitrogens is 1. The average molecular weight is 376 g/mol. The summed E-state index contributed by atoms with van der Waals surface area (Å²) >= 11 is 0. The molecule has 0 fully saturated rings. The van der Waals surface area contributed by atoms with Gasteiger partial charge < -0.3 is 20.6 Å². The van der Waals surface area contributed by atoms with Gasteiger partial charge in [0.25, 0.3) is 0 Å². The zero-order chi connectivity index (χ0) is 19.5. The second-order valence-corrected chi connectivity index (χ2v) is 7.12. The Kier molecular flexibility index (Phi) is 5.12. The number of aromatic hydroxyl groups is 1. The number of nitrogens with one attached hydrogen (secondary N) is 2. The summed E-state index contributed by atoms with van der Waals surface area (Å²) in [5, 5.41) is 16.6. The van der Waals surface area contributed by atoms with E-state index in [9.17, 15) is 9.90 Å². The Labute approximate surface area is 164 Å². The van der Waals surface area contributed by atoms with Gasteiger partial charge in [-0.1, -0.05) is 30.3 Å². The van der Waals surface area contributed by atoms with Gasteiger partial charge in [0.1, 0.15) is 11.6 Å². The number of benzene rings is 2. The summed E-state index contributed by atoms with van der Waals surface area (Å²) in [4.78, 5) is 19.4. The van der Waals surface area contributed by atoms with Crippen molar-refractivity contribution in [3.8, 4) is 5.75 Å². The molecule has 1 aromatic heterocycles. The molecule has 6 nitrogen and oxygen atoms in total. The second kappa shape index (κ2) is 7.86. The Balaban J connectivity index is 1.42. The molecule has 1 aliphatic heterocycles. The highest BCUT2D eigenvalue weighted by Gasteiger charge is 2.24. The van der Waals surface area contributed by atoms with Crippen LogP contribution in [0.3, 0.4) is 0 Å². The average Bonchev–Trinajstić information content (AvgIpc) is 3.07. The number of carbonyl (C=O) groups excluding carboxylic acids is 1. The number of carbonyl (C=O) groups is 1. The smallest absolute Gasteiger partial charge is 0.238 e. The Bertz CT molecular complexity index is 1000. The van der Waals surface area contributed by atoms with Gasteiger partial charge >= 0.3 is 0 Å². The van der Waals surface area contributed by atoms with Crippen LogP contribution in [0, 0.1) is 0 Å². The van der Waals surface area contributed by atoms with E-state index < -0.39 is 0 Å². The monoisotopic (exact) mass is 376 g/mol. The van der Waals surface area contributed by atoms with Gasteiger partial charge in [0.15, 0.2) is 0 Å². The molecule has 0 radical (unpaired) electrons. The van der Waals surface area contributed by atoms with Crippen LogP contribution in [0.2, 0.25) is 0 Å². The summed E-state index contributed by atoms with van der Waals surface area (Å²) in [5.74, 6) is 1.16. The van der Waals surface area contributed by atoms with Crippen LogP contribution in [0.4, 0.5) is 11.5 Å². The van der Waals surface area contributed by atoms with E-state index in [0.717, 1.165) is 52.9 Å². The van der Waals surface area contributed by atoms with E-state index in [1.54, 1.807) is 12.1 Å². The zero-order valence-electron chi connectivity index (χ0n) is 15.9. The molecule has 3 N–H and O–H groups in total. The van der Waals surface area contributed by atoms with E-state index in [0.29, 0.717) is 6.54 Å². The van der Waals surface area contributed by atoms with Gasteiger partial charge in [0, 0.05) is 24.5 Å². The first-order valence-electron chi connectivity index (χ1n) is 9.53. The third-order valence-corrected chi connectivity index (χ3v) is 5.11. The van der Waals surface area contributed by atoms with Crippen molar-refractivity contribution in [2.75, 3.05) is 36.9 Å². The number of para-hydroxylation sites is 1. The van der Waals surface area contributed by atoms with Crippen molar-refractivity contribution in [2.45, 2.75) is 12.8 Å². The number of phenolic OH excluding ortho intramolecular Hbond substituents is 1. The summed E-state index contributed by atoms with van der Waals surface area (Å²) in [6, 6.07) is 15.1. The fourth-order valence-electron chi connectivity index (χ4n) is 3.60. The SMILES string of the molecule is CN1CCc2c1nc1ccccc1c2NC(=O)CNCCc1ccc(O)cc1. The van der Waals surface area contributed by atoms with Crippen molar-refractivity contribution in [3.05, 3.63) is 59.7 Å². The molecule has 144 valence electrons. The summed E-state index contributed by atoms with van der Waals surface area (Å²) in [7, 11) is 2.03. The first kappa shape index (κ1) is 18.3. The number of phenols is 1. The Hall–Kier alpha value is -3.12. The zero-order valence-corrected chi connectivity index (χ0v) is 15.9. The lowest BCUT2D eigenvalue weighted by Gasteiger charge is -2.16. The maximum atomic E-state index is 12.6. The number of nitrogens with zero attached hydrogens (tertiary/aromatic N) is 2. The highest BCUT2D eigenvalue weighted by Crippen LogP contribution is 2.36. The van der Waals surface area contributed by atoms with Gasteiger partial charge in [-0.3, -0.25) is 4.79 Å². The first-order chi connectivity index (χ1) is 13.6. The predicted octanol–water partition coefficient (Wildman–Crippen LogP) is 2.70. The molecule has 0 saturated carbocycles. The number of hydrogen-bond acceptors (Lipinski definition) is 5. The quantitative estimate of drug-likeness (QED) is 0.577. The lowest BCUT2D eigenvalue weighted by atomic mass is 10.1. The normalized spacial score (nSPS) is 13.0. The lowest BCUT2D eigenvalue weighted by Crippen LogP contribution is -2.30. The van der Waals surface area contributed by atoms with E-state index >= 15 is 0 Å². The van der Waals surface area contributed by atoms with E-state index in [1.807, 2.05) is 43.4 Å². The van der Waals surface area contributed by atoms with Crippen LogP contribution in [0.15, 0.2) is 48.5 Å². The van der Waals surface area contributed by atoms with Crippen LogP contribution < -0.4 is 15.5 Å². The number of likely N-dealkylation sites (N-methyl/N-ethyl adjacent to an activating group) is 1. The standard InChI is InChI=1S/C22H24N4O2/c1-26-13-11-18-21(17-4-2-3-5-19(17)24-22(18)26)25-20(28)14-23-12-10-15-6-8-16(27)9-7-15/h2-9,23,27H,10-14H2,1H3,(H,24,25,28). The summed E-state index contributed by atoms with van der Waals surface area (Å²) in [6.45, 7) is 1.85. The van der Waals surface area contributed by atoms with Crippen molar-refractivity contribution >= 4 is 28.3 Å². The van der Waals surface area contributed by atoms with Gasteiger partial charge in [0.05, 0.1) is 17.7 Å². The Morgan fingerprint density at radius 2 is 1.96 bits per heavy atom. The van der Waals surface area contributed by atoms with Crippen molar-refractivity contribution in [1.29, 1.82) is 0 Å². The highest BCUT2D eigenvalue weighted by molar-refractivity contribution is 6.04. The van der Waals surface area contributed by atoms with Crippen LogP contribution in [-0.2, 0) is 17.6 Å². The van der Waals surface area contributed by atoms with E-state index in [2.05, 4.69) is 15.5 Å². The van der Waals surface area contributed by atoms with Gasteiger partial charge in [-0.15, -0.1) is 0 Å². The summed E-state index contributed by atoms with van der Waals surface area (Å²) in [6.07, 6.45) is 1.68. The minimum atomic E-state index is -0.0567. The van der Waals surface area contributed by atoms with Gasteiger partial charge in [0.2, 0.25) is 5.91 Å². The largest absolute Gasteiger partial charge is 0.508 e. The van der Waals surface area contributed by atoms with Crippen molar-refractivity contribution < 1.29 is 9.90 Å². The second-order valence-electron chi connectivity index (χ2n) is 7.12. The lowest BCUT2D eigenvalue weighted by molar-refractivity contribution is -0.115. The minimum Gasteiger partial charge on any atom is -0.508 e. The summed E-state index contributed by atoms with van der Waals surface area (Å²) in [5.41, 5.74) is 4.01. The fourth-order valence-corrected chi connectivity index (χ4v) is 3.60. The molecule has 0 saturated heterocycles. The predicted molar refractivity (Wildman–Crippen MR) is 112 cm³/mol. The third-order valence-electron chi connectivity index (χ3n) is 5.11. The topological polar surface area (TPSA) is 77.5 Å². The molecule has 6 heteroatoms. The van der Waals surface area contributed by atoms with Crippen molar-refractivity contribution in [2.24, 2.45) is 0 Å². The molecule has 4 rings (SSSR count). The molecule has 0 bridgehead atoms. The molecular formula is C22H24N4O2. The van der Waals surface area contributed by atoms with E-state index in [-0.39, 0.29) is 18.2 Å². The van der Waals surface area contributed by atoms with Crippen LogP contribution in [0.25, 0.3) is 10.9 Å². The van der Waals surface area contributed by atoms with E-state index in [4.69, 9.17) is 4.98 Å². The minimum absolute atomic E-state index is 0.0567. The Morgan fingerprint density at radius 1 is 1.18 bits per heavy atom. The van der Waals surface area contributed by atoms with Gasteiger partial charge in [-0.2, -0.15) is 0 Å². The molecule has 0 unspecified atom stereocenters. The number of hydrogen-bond donors (Lipinski definition) is 3. The van der Waals surface area contributed by atoms with Crippen LogP contribution >= 0.6 is 0 Å². The first-order valence-corrected chi connectivity index (χ1v) is 9.53. The molecule has 0 spiro atoms. The molecule has 2 heterocycles. The maximum Gasteiger partial charge on any atom is 0.238 e. The molecule has 1 aliphatic rings. The molecule has 28 heavy (non-hydrogen) atoms. The number of fused-ring (bicyclic) bond motifs is 2. The molecule has 1 amide bonds. The molecular weight excluding hydrogens is 352 g/mol. The number of anilines is 2. The third kappa shape index (κ3) is 3.77. The maximum absolute atomic E-state index is 12.6. The number of rotatable bonds is 6. The molecule has 3 aromatic rings.